The molecule has 2 saturated heterocycles. The Hall–Kier alpha value is -1.92. The Kier molecular flexibility index (Phi) is 6.27. The van der Waals surface area contributed by atoms with Gasteiger partial charge in [0, 0.05) is 44.8 Å². The molecule has 0 radical (unpaired) electrons. The van der Waals surface area contributed by atoms with E-state index >= 15 is 0 Å². The molecule has 0 spiro atoms. The number of morpholine rings is 1. The van der Waals surface area contributed by atoms with E-state index in [1.165, 1.54) is 5.56 Å². The molecule has 26 heavy (non-hydrogen) atoms. The van der Waals surface area contributed by atoms with Crippen molar-refractivity contribution < 1.29 is 14.3 Å². The molecule has 6 nitrogen and oxygen atoms in total. The Morgan fingerprint density at radius 1 is 0.923 bits per heavy atom. The number of piperazine rings is 1. The third-order valence-electron chi connectivity index (χ3n) is 5.19. The number of amides is 2. The van der Waals surface area contributed by atoms with Crippen LogP contribution < -0.4 is 0 Å². The van der Waals surface area contributed by atoms with Crippen LogP contribution >= 0.6 is 0 Å². The summed E-state index contributed by atoms with van der Waals surface area (Å²) in [6.07, 6.45) is 0. The second-order valence-corrected chi connectivity index (χ2v) is 7.35. The molecule has 142 valence electrons. The number of hydrogen-bond donors (Lipinski definition) is 0. The van der Waals surface area contributed by atoms with Crippen molar-refractivity contribution in [2.75, 3.05) is 59.0 Å². The fourth-order valence-corrected chi connectivity index (χ4v) is 3.40. The molecule has 2 amide bonds. The highest BCUT2D eigenvalue weighted by Gasteiger charge is 2.27. The van der Waals surface area contributed by atoms with Gasteiger partial charge in [0.2, 0.25) is 0 Å². The Morgan fingerprint density at radius 3 is 2.08 bits per heavy atom. The summed E-state index contributed by atoms with van der Waals surface area (Å²) in [6, 6.07) is 8.03. The molecule has 0 N–H and O–H groups in total. The maximum atomic E-state index is 12.5. The molecule has 0 aliphatic carbocycles. The van der Waals surface area contributed by atoms with Gasteiger partial charge in [0.05, 0.1) is 19.8 Å². The van der Waals surface area contributed by atoms with Crippen molar-refractivity contribution in [1.82, 2.24) is 14.7 Å². The van der Waals surface area contributed by atoms with Crippen LogP contribution in [0, 0.1) is 0 Å². The minimum absolute atomic E-state index is 0.101. The Morgan fingerprint density at radius 2 is 1.50 bits per heavy atom. The van der Waals surface area contributed by atoms with Crippen LogP contribution in [0.5, 0.6) is 0 Å². The molecule has 2 heterocycles. The number of carbonyl (C=O) groups is 2. The second kappa shape index (κ2) is 8.64. The van der Waals surface area contributed by atoms with Crippen molar-refractivity contribution in [3.05, 3.63) is 35.4 Å². The molecule has 0 atom stereocenters. The lowest BCUT2D eigenvalue weighted by Crippen LogP contribution is -2.55. The first-order chi connectivity index (χ1) is 12.5. The Balaban J connectivity index is 1.47. The number of hydrogen-bond acceptors (Lipinski definition) is 4. The van der Waals surface area contributed by atoms with Gasteiger partial charge in [-0.2, -0.15) is 0 Å². The number of rotatable bonds is 4. The van der Waals surface area contributed by atoms with E-state index in [2.05, 4.69) is 18.7 Å². The van der Waals surface area contributed by atoms with E-state index in [1.807, 2.05) is 34.1 Å². The van der Waals surface area contributed by atoms with Crippen molar-refractivity contribution in [1.29, 1.82) is 0 Å². The molecule has 0 saturated carbocycles. The van der Waals surface area contributed by atoms with Crippen molar-refractivity contribution in [3.63, 3.8) is 0 Å². The van der Waals surface area contributed by atoms with E-state index in [1.54, 1.807) is 0 Å². The highest BCUT2D eigenvalue weighted by molar-refractivity contribution is 5.97. The summed E-state index contributed by atoms with van der Waals surface area (Å²) < 4.78 is 5.30. The smallest absolute Gasteiger partial charge is 0.320 e. The third kappa shape index (κ3) is 4.62. The minimum Gasteiger partial charge on any atom is -0.378 e. The summed E-state index contributed by atoms with van der Waals surface area (Å²) in [5.74, 6) is 0.615. The molecule has 2 aliphatic rings. The average molecular weight is 359 g/mol. The maximum Gasteiger partial charge on any atom is 0.320 e. The van der Waals surface area contributed by atoms with Crippen LogP contribution in [0.25, 0.3) is 0 Å². The molecule has 0 unspecified atom stereocenters. The van der Waals surface area contributed by atoms with E-state index in [0.29, 0.717) is 51.9 Å². The quantitative estimate of drug-likeness (QED) is 0.772. The zero-order chi connectivity index (χ0) is 18.5. The Bertz CT molecular complexity index is 616. The van der Waals surface area contributed by atoms with Gasteiger partial charge < -0.3 is 14.5 Å². The zero-order valence-corrected chi connectivity index (χ0v) is 15.8. The number of urea groups is 1. The first-order valence-electron chi connectivity index (χ1n) is 9.51. The molecule has 6 heteroatoms. The van der Waals surface area contributed by atoms with Gasteiger partial charge in [-0.25, -0.2) is 4.79 Å². The van der Waals surface area contributed by atoms with E-state index in [-0.39, 0.29) is 11.8 Å². The fraction of sp³-hybridized carbons (Fsp3) is 0.600. The average Bonchev–Trinajstić information content (AvgIpc) is 2.68. The highest BCUT2D eigenvalue weighted by Crippen LogP contribution is 2.15. The molecule has 3 rings (SSSR count). The van der Waals surface area contributed by atoms with E-state index in [0.717, 1.165) is 18.7 Å². The molecule has 2 fully saturated rings. The number of nitrogens with zero attached hydrogens (tertiary/aromatic N) is 3. The monoisotopic (exact) mass is 359 g/mol. The molecular formula is C20H29N3O3. The lowest BCUT2D eigenvalue weighted by atomic mass is 10.0. The van der Waals surface area contributed by atoms with Crippen LogP contribution in [0.1, 0.15) is 35.7 Å². The summed E-state index contributed by atoms with van der Waals surface area (Å²) in [4.78, 5) is 30.9. The van der Waals surface area contributed by atoms with Gasteiger partial charge in [-0.15, -0.1) is 0 Å². The van der Waals surface area contributed by atoms with Gasteiger partial charge in [0.1, 0.15) is 0 Å². The summed E-state index contributed by atoms with van der Waals surface area (Å²) in [5, 5.41) is 0. The number of Topliss-reactive ketones (excluding diaryl/α,β-unsaturated/α-hetero) is 1. The summed E-state index contributed by atoms with van der Waals surface area (Å²) in [5.41, 5.74) is 2.01. The fourth-order valence-electron chi connectivity index (χ4n) is 3.40. The van der Waals surface area contributed by atoms with E-state index < -0.39 is 0 Å². The largest absolute Gasteiger partial charge is 0.378 e. The van der Waals surface area contributed by atoms with Crippen LogP contribution in [-0.2, 0) is 4.74 Å². The first-order valence-corrected chi connectivity index (χ1v) is 9.51. The number of carbonyl (C=O) groups excluding carboxylic acids is 2. The standard InChI is InChI=1S/C20H29N3O3/c1-16(2)17-3-5-18(6-4-17)19(24)15-21-7-9-22(10-8-21)20(25)23-11-13-26-14-12-23/h3-6,16H,7-15H2,1-2H3. The van der Waals surface area contributed by atoms with E-state index in [9.17, 15) is 9.59 Å². The SMILES string of the molecule is CC(C)c1ccc(C(=O)CN2CCN(C(=O)N3CCOCC3)CC2)cc1. The molecule has 2 aliphatic heterocycles. The van der Waals surface area contributed by atoms with Crippen molar-refractivity contribution in [3.8, 4) is 0 Å². The van der Waals surface area contributed by atoms with Crippen molar-refractivity contribution in [2.24, 2.45) is 0 Å². The van der Waals surface area contributed by atoms with Gasteiger partial charge in [-0.05, 0) is 11.5 Å². The lowest BCUT2D eigenvalue weighted by Gasteiger charge is -2.38. The Labute approximate surface area is 155 Å². The normalized spacial score (nSPS) is 19.0. The summed E-state index contributed by atoms with van der Waals surface area (Å²) in [6.45, 7) is 10.1. The van der Waals surface area contributed by atoms with Crippen LogP contribution in [0.2, 0.25) is 0 Å². The van der Waals surface area contributed by atoms with Gasteiger partial charge in [-0.3, -0.25) is 9.69 Å². The number of ether oxygens (including phenoxy) is 1. The maximum absolute atomic E-state index is 12.5. The van der Waals surface area contributed by atoms with Crippen LogP contribution in [0.3, 0.4) is 0 Å². The van der Waals surface area contributed by atoms with E-state index in [4.69, 9.17) is 4.74 Å². The summed E-state index contributed by atoms with van der Waals surface area (Å²) in [7, 11) is 0. The third-order valence-corrected chi connectivity index (χ3v) is 5.19. The second-order valence-electron chi connectivity index (χ2n) is 7.35. The highest BCUT2D eigenvalue weighted by atomic mass is 16.5. The number of ketones is 1. The topological polar surface area (TPSA) is 53.1 Å². The molecule has 0 bridgehead atoms. The summed E-state index contributed by atoms with van der Waals surface area (Å²) >= 11 is 0. The zero-order valence-electron chi connectivity index (χ0n) is 15.8. The van der Waals surface area contributed by atoms with Gasteiger partial charge in [0.15, 0.2) is 5.78 Å². The van der Waals surface area contributed by atoms with Crippen LogP contribution in [0.4, 0.5) is 4.79 Å². The predicted molar refractivity (Wildman–Crippen MR) is 101 cm³/mol. The molecular weight excluding hydrogens is 330 g/mol. The lowest BCUT2D eigenvalue weighted by molar-refractivity contribution is 0.0376. The van der Waals surface area contributed by atoms with Crippen molar-refractivity contribution >= 4 is 11.8 Å². The van der Waals surface area contributed by atoms with Crippen molar-refractivity contribution in [2.45, 2.75) is 19.8 Å². The molecule has 0 aromatic heterocycles. The minimum atomic E-state index is 0.101. The number of benzene rings is 1. The van der Waals surface area contributed by atoms with Gasteiger partial charge in [0.25, 0.3) is 0 Å². The predicted octanol–water partition coefficient (Wildman–Crippen LogP) is 2.06. The van der Waals surface area contributed by atoms with Crippen LogP contribution in [-0.4, -0.2) is 85.5 Å². The van der Waals surface area contributed by atoms with Gasteiger partial charge in [-0.1, -0.05) is 38.1 Å². The first kappa shape index (κ1) is 18.9. The molecule has 1 aromatic rings. The van der Waals surface area contributed by atoms with Gasteiger partial charge >= 0.3 is 6.03 Å². The van der Waals surface area contributed by atoms with Crippen LogP contribution in [0.15, 0.2) is 24.3 Å². The molecule has 1 aromatic carbocycles.